The second-order valence-electron chi connectivity index (χ2n) is 4.50. The maximum absolute atomic E-state index is 6.01. The molecule has 3 rings (SSSR count). The molecule has 0 radical (unpaired) electrons. The summed E-state index contributed by atoms with van der Waals surface area (Å²) in [4.78, 5) is 9.01. The first kappa shape index (κ1) is 12.9. The fraction of sp³-hybridized carbons (Fsp3) is 0.333. The number of hydrogen-bond acceptors (Lipinski definition) is 5. The predicted molar refractivity (Wildman–Crippen MR) is 76.9 cm³/mol. The molecule has 0 saturated carbocycles. The number of aryl methyl sites for hydroxylation is 2. The minimum Gasteiger partial charge on any atom is -0.372 e. The first-order chi connectivity index (χ1) is 9.58. The molecule has 0 aliphatic rings. The normalized spacial score (nSPS) is 11.2. The molecule has 3 aromatic rings. The third kappa shape index (κ3) is 2.09. The van der Waals surface area contributed by atoms with Crippen LogP contribution >= 0.6 is 11.6 Å². The summed E-state index contributed by atoms with van der Waals surface area (Å²) in [6.45, 7) is 2.33. The van der Waals surface area contributed by atoms with Crippen molar-refractivity contribution in [2.75, 3.05) is 12.4 Å². The molecule has 20 heavy (non-hydrogen) atoms. The lowest BCUT2D eigenvalue weighted by atomic mass is 10.4. The Morgan fingerprint density at radius 2 is 2.15 bits per heavy atom. The number of halogens is 1. The van der Waals surface area contributed by atoms with Crippen molar-refractivity contribution in [2.45, 2.75) is 13.5 Å². The van der Waals surface area contributed by atoms with Crippen LogP contribution in [0.5, 0.6) is 0 Å². The van der Waals surface area contributed by atoms with Gasteiger partial charge in [-0.25, -0.2) is 9.97 Å². The summed E-state index contributed by atoms with van der Waals surface area (Å²) in [5.74, 6) is 1.41. The maximum atomic E-state index is 6.01. The smallest absolute Gasteiger partial charge is 0.163 e. The fourth-order valence-corrected chi connectivity index (χ4v) is 2.20. The topological polar surface area (TPSA) is 73.5 Å². The summed E-state index contributed by atoms with van der Waals surface area (Å²) in [6.07, 6.45) is 3.52. The van der Waals surface area contributed by atoms with Crippen LogP contribution in [0.4, 0.5) is 5.82 Å². The first-order valence-corrected chi connectivity index (χ1v) is 6.52. The number of anilines is 1. The molecule has 1 N–H and O–H groups in total. The third-order valence-corrected chi connectivity index (χ3v) is 3.44. The number of nitrogens with one attached hydrogen (secondary N) is 1. The molecule has 0 saturated heterocycles. The summed E-state index contributed by atoms with van der Waals surface area (Å²) in [5, 5.41) is 13.1. The van der Waals surface area contributed by atoms with Gasteiger partial charge in [0.1, 0.15) is 12.4 Å². The van der Waals surface area contributed by atoms with Gasteiger partial charge < -0.3 is 5.32 Å². The van der Waals surface area contributed by atoms with Crippen LogP contribution in [0.25, 0.3) is 11.0 Å². The molecule has 0 amide bonds. The van der Waals surface area contributed by atoms with Crippen LogP contribution in [0.15, 0.2) is 12.4 Å². The van der Waals surface area contributed by atoms with Crippen molar-refractivity contribution in [3.63, 3.8) is 0 Å². The van der Waals surface area contributed by atoms with Gasteiger partial charge in [0.25, 0.3) is 0 Å². The Hall–Kier alpha value is -2.15. The zero-order valence-electron chi connectivity index (χ0n) is 11.4. The number of hydrogen-bond donors (Lipinski definition) is 1. The van der Waals surface area contributed by atoms with Gasteiger partial charge in [-0.2, -0.15) is 10.2 Å². The highest BCUT2D eigenvalue weighted by atomic mass is 35.5. The molecule has 3 heterocycles. The summed E-state index contributed by atoms with van der Waals surface area (Å²) >= 11 is 6.01. The van der Waals surface area contributed by atoms with Gasteiger partial charge in [-0.3, -0.25) is 9.36 Å². The standard InChI is InChI=1S/C12H14ClN7/c1-7-9(13)5-20(18-7)6-10-16-11(14-2)8-4-15-19(3)12(8)17-10/h4-5H,6H2,1-3H3,(H,14,16,17). The molecule has 0 spiro atoms. The van der Waals surface area contributed by atoms with Crippen LogP contribution < -0.4 is 5.32 Å². The number of nitrogens with zero attached hydrogens (tertiary/aromatic N) is 6. The molecule has 3 aromatic heterocycles. The summed E-state index contributed by atoms with van der Waals surface area (Å²) in [6, 6.07) is 0. The van der Waals surface area contributed by atoms with Crippen LogP contribution in [0, 0.1) is 6.92 Å². The van der Waals surface area contributed by atoms with Crippen LogP contribution in [-0.2, 0) is 13.6 Å². The average Bonchev–Trinajstić information content (AvgIpc) is 2.93. The SMILES string of the molecule is CNc1nc(Cn2cc(Cl)c(C)n2)nc2c1cnn2C. The van der Waals surface area contributed by atoms with E-state index in [0.717, 1.165) is 22.5 Å². The van der Waals surface area contributed by atoms with Gasteiger partial charge in [0, 0.05) is 20.3 Å². The van der Waals surface area contributed by atoms with Gasteiger partial charge in [-0.15, -0.1) is 0 Å². The Bertz CT molecular complexity index is 754. The molecule has 0 atom stereocenters. The lowest BCUT2D eigenvalue weighted by molar-refractivity contribution is 0.650. The van der Waals surface area contributed by atoms with Gasteiger partial charge in [0.2, 0.25) is 0 Å². The summed E-state index contributed by atoms with van der Waals surface area (Å²) < 4.78 is 3.46. The van der Waals surface area contributed by atoms with Gasteiger partial charge in [0.05, 0.1) is 22.3 Å². The Labute approximate surface area is 120 Å². The molecule has 0 fully saturated rings. The van der Waals surface area contributed by atoms with E-state index in [1.54, 1.807) is 21.8 Å². The van der Waals surface area contributed by atoms with E-state index in [-0.39, 0.29) is 0 Å². The van der Waals surface area contributed by atoms with Crippen molar-refractivity contribution in [1.29, 1.82) is 0 Å². The molecule has 0 aromatic carbocycles. The van der Waals surface area contributed by atoms with E-state index in [1.165, 1.54) is 0 Å². The zero-order valence-corrected chi connectivity index (χ0v) is 12.2. The average molecular weight is 292 g/mol. The number of rotatable bonds is 3. The third-order valence-electron chi connectivity index (χ3n) is 3.07. The van der Waals surface area contributed by atoms with E-state index in [1.807, 2.05) is 21.0 Å². The second-order valence-corrected chi connectivity index (χ2v) is 4.91. The van der Waals surface area contributed by atoms with E-state index in [2.05, 4.69) is 25.5 Å². The highest BCUT2D eigenvalue weighted by molar-refractivity contribution is 6.31. The second kappa shape index (κ2) is 4.75. The van der Waals surface area contributed by atoms with Gasteiger partial charge >= 0.3 is 0 Å². The molecule has 0 aliphatic heterocycles. The minimum atomic E-state index is 0.462. The van der Waals surface area contributed by atoms with E-state index in [4.69, 9.17) is 11.6 Å². The lowest BCUT2D eigenvalue weighted by Crippen LogP contribution is -2.08. The van der Waals surface area contributed by atoms with E-state index < -0.39 is 0 Å². The van der Waals surface area contributed by atoms with Crippen LogP contribution in [0.1, 0.15) is 11.5 Å². The fourth-order valence-electron chi connectivity index (χ4n) is 2.05. The first-order valence-electron chi connectivity index (χ1n) is 6.14. The van der Waals surface area contributed by atoms with Crippen molar-refractivity contribution in [2.24, 2.45) is 7.05 Å². The molecule has 0 bridgehead atoms. The zero-order chi connectivity index (χ0) is 14.3. The van der Waals surface area contributed by atoms with Crippen LogP contribution in [-0.4, -0.2) is 36.6 Å². The van der Waals surface area contributed by atoms with Gasteiger partial charge in [-0.1, -0.05) is 11.6 Å². The predicted octanol–water partition coefficient (Wildman–Crippen LogP) is 1.61. The highest BCUT2D eigenvalue weighted by Crippen LogP contribution is 2.19. The van der Waals surface area contributed by atoms with Crippen molar-refractivity contribution in [3.8, 4) is 0 Å². The lowest BCUT2D eigenvalue weighted by Gasteiger charge is -2.06. The Morgan fingerprint density at radius 3 is 2.80 bits per heavy atom. The number of aromatic nitrogens is 6. The number of fused-ring (bicyclic) bond motifs is 1. The van der Waals surface area contributed by atoms with Crippen molar-refractivity contribution in [3.05, 3.63) is 28.9 Å². The monoisotopic (exact) mass is 291 g/mol. The van der Waals surface area contributed by atoms with Crippen molar-refractivity contribution < 1.29 is 0 Å². The molecule has 104 valence electrons. The van der Waals surface area contributed by atoms with Gasteiger partial charge in [0.15, 0.2) is 11.5 Å². The quantitative estimate of drug-likeness (QED) is 0.793. The maximum Gasteiger partial charge on any atom is 0.163 e. The largest absolute Gasteiger partial charge is 0.372 e. The van der Waals surface area contributed by atoms with E-state index in [9.17, 15) is 0 Å². The Balaban J connectivity index is 2.04. The van der Waals surface area contributed by atoms with E-state index >= 15 is 0 Å². The van der Waals surface area contributed by atoms with Crippen LogP contribution in [0.2, 0.25) is 5.02 Å². The minimum absolute atomic E-state index is 0.462. The Morgan fingerprint density at radius 1 is 1.35 bits per heavy atom. The van der Waals surface area contributed by atoms with Gasteiger partial charge in [-0.05, 0) is 6.92 Å². The molecule has 0 unspecified atom stereocenters. The molecular weight excluding hydrogens is 278 g/mol. The Kier molecular flexibility index (Phi) is 3.06. The van der Waals surface area contributed by atoms with Crippen LogP contribution in [0.3, 0.4) is 0 Å². The molecule has 8 heteroatoms. The molecular formula is C12H14ClN7. The van der Waals surface area contributed by atoms with E-state index in [0.29, 0.717) is 17.4 Å². The summed E-state index contributed by atoms with van der Waals surface area (Å²) in [5.41, 5.74) is 1.58. The summed E-state index contributed by atoms with van der Waals surface area (Å²) in [7, 11) is 3.68. The van der Waals surface area contributed by atoms with Crippen molar-refractivity contribution in [1.82, 2.24) is 29.5 Å². The van der Waals surface area contributed by atoms with Crippen molar-refractivity contribution >= 4 is 28.5 Å². The molecule has 7 nitrogen and oxygen atoms in total. The highest BCUT2D eigenvalue weighted by Gasteiger charge is 2.11. The molecule has 0 aliphatic carbocycles.